The van der Waals surface area contributed by atoms with Crippen molar-refractivity contribution in [2.75, 3.05) is 26.4 Å². The largest absolute Gasteiger partial charge is 0.425 e. The van der Waals surface area contributed by atoms with Crippen LogP contribution in [0.4, 0.5) is 0 Å². The Labute approximate surface area is 211 Å². The zero-order valence-electron chi connectivity index (χ0n) is 21.1. The minimum atomic E-state index is -0.262. The Balaban J connectivity index is 1.42. The van der Waals surface area contributed by atoms with Crippen LogP contribution < -0.4 is 9.47 Å². The van der Waals surface area contributed by atoms with Gasteiger partial charge in [0.15, 0.2) is 0 Å². The summed E-state index contributed by atoms with van der Waals surface area (Å²) in [6, 6.07) is 15.2. The number of ether oxygens (including phenoxy) is 4. The lowest BCUT2D eigenvalue weighted by Crippen LogP contribution is -2.42. The van der Waals surface area contributed by atoms with Crippen LogP contribution in [0.5, 0.6) is 11.5 Å². The van der Waals surface area contributed by atoms with Crippen molar-refractivity contribution in [2.24, 2.45) is 10.8 Å². The molecule has 3 aromatic rings. The molecule has 0 spiro atoms. The van der Waals surface area contributed by atoms with Gasteiger partial charge in [0.05, 0.1) is 26.4 Å². The van der Waals surface area contributed by atoms with Gasteiger partial charge in [-0.25, -0.2) is 0 Å². The summed E-state index contributed by atoms with van der Waals surface area (Å²) in [5.74, 6) is 0.501. The summed E-state index contributed by atoms with van der Waals surface area (Å²) in [7, 11) is 0. The molecule has 3 aromatic carbocycles. The third-order valence-corrected chi connectivity index (χ3v) is 8.12. The first-order chi connectivity index (χ1) is 17.5. The second-order valence-electron chi connectivity index (χ2n) is 10.4. The summed E-state index contributed by atoms with van der Waals surface area (Å²) in [6.07, 6.45) is 4.13. The van der Waals surface area contributed by atoms with Crippen LogP contribution in [0.1, 0.15) is 52.4 Å². The molecule has 6 nitrogen and oxygen atoms in total. The molecule has 5 rings (SSSR count). The molecule has 0 N–H and O–H groups in total. The molecule has 2 saturated heterocycles. The van der Waals surface area contributed by atoms with Crippen molar-refractivity contribution in [3.8, 4) is 11.5 Å². The van der Waals surface area contributed by atoms with Gasteiger partial charge in [-0.2, -0.15) is 0 Å². The van der Waals surface area contributed by atoms with Crippen LogP contribution in [0, 0.1) is 10.8 Å². The van der Waals surface area contributed by atoms with E-state index in [2.05, 4.69) is 13.8 Å². The maximum Gasteiger partial charge on any atom is 0.311 e. The summed E-state index contributed by atoms with van der Waals surface area (Å²) < 4.78 is 22.8. The van der Waals surface area contributed by atoms with Gasteiger partial charge in [-0.05, 0) is 25.7 Å². The second kappa shape index (κ2) is 10.2. The van der Waals surface area contributed by atoms with E-state index in [1.54, 1.807) is 0 Å². The van der Waals surface area contributed by atoms with E-state index in [-0.39, 0.29) is 22.8 Å². The Bertz CT molecular complexity index is 1110. The maximum absolute atomic E-state index is 12.9. The fourth-order valence-electron chi connectivity index (χ4n) is 5.16. The summed E-state index contributed by atoms with van der Waals surface area (Å²) in [5.41, 5.74) is 0.173. The first-order valence-electron chi connectivity index (χ1n) is 13.0. The fraction of sp³-hybridized carbons (Fsp3) is 0.467. The van der Waals surface area contributed by atoms with Gasteiger partial charge in [-0.15, -0.1) is 0 Å². The van der Waals surface area contributed by atoms with Crippen molar-refractivity contribution in [2.45, 2.75) is 52.4 Å². The molecule has 0 atom stereocenters. The van der Waals surface area contributed by atoms with Crippen molar-refractivity contribution in [3.63, 3.8) is 0 Å². The average Bonchev–Trinajstić information content (AvgIpc) is 2.85. The number of carbonyl (C=O) groups excluding carboxylic acids is 2. The van der Waals surface area contributed by atoms with Crippen molar-refractivity contribution in [3.05, 3.63) is 48.5 Å². The van der Waals surface area contributed by atoms with Gasteiger partial charge in [0.25, 0.3) is 0 Å². The van der Waals surface area contributed by atoms with Crippen LogP contribution in [0.25, 0.3) is 21.5 Å². The molecule has 2 aliphatic rings. The van der Waals surface area contributed by atoms with Gasteiger partial charge >= 0.3 is 11.9 Å². The summed E-state index contributed by atoms with van der Waals surface area (Å²) in [6.45, 7) is 7.09. The molecular weight excluding hydrogens is 456 g/mol. The van der Waals surface area contributed by atoms with Crippen LogP contribution in [-0.4, -0.2) is 38.4 Å². The maximum atomic E-state index is 12.9. The molecule has 190 valence electrons. The molecule has 0 bridgehead atoms. The van der Waals surface area contributed by atoms with Gasteiger partial charge < -0.3 is 18.9 Å². The molecular formula is C30H34O6. The standard InChI is InChI=1S/C30H34O6/c1-3-29(17-33-18-29)15-13-25(31)35-27-21-9-5-7-11-23(21)28(24-12-8-6-10-22(24)27)36-26(32)14-16-30(4-2)19-34-20-30/h5-12H,3-4,13-20H2,1-2H3. The average molecular weight is 491 g/mol. The van der Waals surface area contributed by atoms with E-state index in [1.807, 2.05) is 48.5 Å². The molecule has 6 heteroatoms. The van der Waals surface area contributed by atoms with Crippen molar-refractivity contribution in [1.29, 1.82) is 0 Å². The minimum Gasteiger partial charge on any atom is -0.425 e. The predicted molar refractivity (Wildman–Crippen MR) is 138 cm³/mol. The smallest absolute Gasteiger partial charge is 0.311 e. The van der Waals surface area contributed by atoms with Crippen molar-refractivity contribution >= 4 is 33.5 Å². The Morgan fingerprint density at radius 2 is 1.00 bits per heavy atom. The number of hydrogen-bond acceptors (Lipinski definition) is 6. The molecule has 0 amide bonds. The van der Waals surface area contributed by atoms with E-state index in [1.165, 1.54) is 0 Å². The van der Waals surface area contributed by atoms with Crippen LogP contribution in [-0.2, 0) is 19.1 Å². The molecule has 2 fully saturated rings. The molecule has 0 unspecified atom stereocenters. The number of benzene rings is 3. The highest BCUT2D eigenvalue weighted by Gasteiger charge is 2.38. The number of fused-ring (bicyclic) bond motifs is 2. The highest BCUT2D eigenvalue weighted by atomic mass is 16.5. The van der Waals surface area contributed by atoms with E-state index >= 15 is 0 Å². The summed E-state index contributed by atoms with van der Waals surface area (Å²) >= 11 is 0. The fourth-order valence-corrected chi connectivity index (χ4v) is 5.16. The number of carbonyl (C=O) groups is 2. The highest BCUT2D eigenvalue weighted by Crippen LogP contribution is 2.44. The SMILES string of the molecule is CCC1(CCC(=O)Oc2c3ccccc3c(OC(=O)CCC3(CC)COC3)c3ccccc23)COC1. The molecule has 0 aliphatic carbocycles. The third-order valence-electron chi connectivity index (χ3n) is 8.12. The third kappa shape index (κ3) is 4.72. The first kappa shape index (κ1) is 24.7. The van der Waals surface area contributed by atoms with Gasteiger partial charge in [0, 0.05) is 45.2 Å². The molecule has 0 saturated carbocycles. The highest BCUT2D eigenvalue weighted by molar-refractivity contribution is 6.12. The monoisotopic (exact) mass is 490 g/mol. The minimum absolute atomic E-state index is 0.0865. The second-order valence-corrected chi connectivity index (χ2v) is 10.4. The van der Waals surface area contributed by atoms with Crippen LogP contribution in [0.2, 0.25) is 0 Å². The quantitative estimate of drug-likeness (QED) is 0.191. The van der Waals surface area contributed by atoms with E-state index in [4.69, 9.17) is 18.9 Å². The van der Waals surface area contributed by atoms with E-state index in [0.717, 1.165) is 47.2 Å². The predicted octanol–water partition coefficient (Wildman–Crippen LogP) is 6.22. The molecule has 0 radical (unpaired) electrons. The van der Waals surface area contributed by atoms with Crippen LogP contribution >= 0.6 is 0 Å². The van der Waals surface area contributed by atoms with E-state index in [9.17, 15) is 9.59 Å². The first-order valence-corrected chi connectivity index (χ1v) is 13.0. The van der Waals surface area contributed by atoms with E-state index < -0.39 is 0 Å². The lowest BCUT2D eigenvalue weighted by Gasteiger charge is -2.40. The van der Waals surface area contributed by atoms with Crippen LogP contribution in [0.3, 0.4) is 0 Å². The Morgan fingerprint density at radius 3 is 1.25 bits per heavy atom. The molecule has 36 heavy (non-hydrogen) atoms. The zero-order chi connectivity index (χ0) is 25.2. The number of hydrogen-bond donors (Lipinski definition) is 0. The van der Waals surface area contributed by atoms with Gasteiger partial charge in [-0.3, -0.25) is 9.59 Å². The number of rotatable bonds is 10. The zero-order valence-corrected chi connectivity index (χ0v) is 21.1. The Kier molecular flexibility index (Phi) is 7.00. The molecule has 0 aromatic heterocycles. The normalized spacial score (nSPS) is 17.8. The van der Waals surface area contributed by atoms with E-state index in [0.29, 0.717) is 50.8 Å². The van der Waals surface area contributed by atoms with Crippen LogP contribution in [0.15, 0.2) is 48.5 Å². The summed E-state index contributed by atoms with van der Waals surface area (Å²) in [5, 5.41) is 3.01. The van der Waals surface area contributed by atoms with Gasteiger partial charge in [0.2, 0.25) is 0 Å². The molecule has 2 aliphatic heterocycles. The lowest BCUT2D eigenvalue weighted by molar-refractivity contribution is -0.143. The Hall–Kier alpha value is -2.96. The number of esters is 2. The lowest BCUT2D eigenvalue weighted by atomic mass is 9.79. The van der Waals surface area contributed by atoms with Crippen molar-refractivity contribution < 1.29 is 28.5 Å². The molecule has 2 heterocycles. The van der Waals surface area contributed by atoms with Crippen molar-refractivity contribution in [1.82, 2.24) is 0 Å². The summed E-state index contributed by atoms with van der Waals surface area (Å²) in [4.78, 5) is 25.9. The van der Waals surface area contributed by atoms with Gasteiger partial charge in [0.1, 0.15) is 11.5 Å². The Morgan fingerprint density at radius 1 is 0.667 bits per heavy atom. The topological polar surface area (TPSA) is 71.1 Å². The van der Waals surface area contributed by atoms with Gasteiger partial charge in [-0.1, -0.05) is 62.4 Å².